The van der Waals surface area contributed by atoms with Gasteiger partial charge in [0, 0.05) is 47.9 Å². The van der Waals surface area contributed by atoms with Gasteiger partial charge in [-0.25, -0.2) is 14.8 Å². The minimum absolute atomic E-state index is 0.124. The van der Waals surface area contributed by atoms with Gasteiger partial charge in [-0.15, -0.1) is 0 Å². The molecule has 0 atom stereocenters. The number of hydrogen-bond donors (Lipinski definition) is 2. The van der Waals surface area contributed by atoms with Crippen LogP contribution in [-0.4, -0.2) is 36.1 Å². The SMILES string of the molecule is CC(=Cc1ccc2nc(C3(NC(=O)c4ccc5c(C6CCCC6)c(-c6ccnc(Cl)c6)n(C)c5c4)CCC3)n(C)c2c1)C(=O)O. The average Bonchev–Trinajstić information content (AvgIpc) is 3.72. The minimum Gasteiger partial charge on any atom is -0.478 e. The number of aryl methyl sites for hydroxylation is 2. The molecule has 3 aromatic heterocycles. The fraction of sp³-hybridized carbons (Fsp3) is 0.333. The van der Waals surface area contributed by atoms with Gasteiger partial charge in [0.2, 0.25) is 0 Å². The molecule has 1 amide bonds. The van der Waals surface area contributed by atoms with Crippen LogP contribution in [0.1, 0.15) is 85.1 Å². The zero-order valence-corrected chi connectivity index (χ0v) is 26.5. The van der Waals surface area contributed by atoms with Crippen molar-refractivity contribution in [2.24, 2.45) is 14.1 Å². The molecule has 2 fully saturated rings. The van der Waals surface area contributed by atoms with E-state index in [1.807, 2.05) is 54.1 Å². The number of aliphatic carboxylic acids is 1. The predicted molar refractivity (Wildman–Crippen MR) is 177 cm³/mol. The van der Waals surface area contributed by atoms with Crippen molar-refractivity contribution in [1.82, 2.24) is 24.4 Å². The molecular formula is C36H36ClN5O3. The largest absolute Gasteiger partial charge is 0.478 e. The van der Waals surface area contributed by atoms with Crippen molar-refractivity contribution in [3.05, 3.63) is 88.0 Å². The lowest BCUT2D eigenvalue weighted by molar-refractivity contribution is -0.132. The maximum absolute atomic E-state index is 14.0. The van der Waals surface area contributed by atoms with E-state index in [4.69, 9.17) is 16.6 Å². The molecular weight excluding hydrogens is 586 g/mol. The number of amides is 1. The number of rotatable bonds is 7. The van der Waals surface area contributed by atoms with Crippen LogP contribution < -0.4 is 5.32 Å². The quantitative estimate of drug-likeness (QED) is 0.143. The first-order valence-corrected chi connectivity index (χ1v) is 16.0. The van der Waals surface area contributed by atoms with E-state index >= 15 is 0 Å². The third kappa shape index (κ3) is 5.01. The van der Waals surface area contributed by atoms with E-state index in [0.29, 0.717) is 16.6 Å². The fourth-order valence-corrected chi connectivity index (χ4v) is 7.57. The molecule has 0 saturated heterocycles. The van der Waals surface area contributed by atoms with E-state index in [0.717, 1.165) is 71.3 Å². The Kier molecular flexibility index (Phi) is 7.28. The van der Waals surface area contributed by atoms with Crippen LogP contribution in [0.4, 0.5) is 0 Å². The first-order chi connectivity index (χ1) is 21.6. The van der Waals surface area contributed by atoms with Crippen LogP contribution in [0, 0.1) is 0 Å². The van der Waals surface area contributed by atoms with Crippen LogP contribution in [0.15, 0.2) is 60.3 Å². The highest BCUT2D eigenvalue weighted by atomic mass is 35.5. The number of nitrogens with zero attached hydrogens (tertiary/aromatic N) is 4. The maximum Gasteiger partial charge on any atom is 0.331 e. The summed E-state index contributed by atoms with van der Waals surface area (Å²) in [5.41, 5.74) is 7.34. The Labute approximate surface area is 266 Å². The summed E-state index contributed by atoms with van der Waals surface area (Å²) in [6.45, 7) is 1.58. The molecule has 2 saturated carbocycles. The molecule has 0 unspecified atom stereocenters. The lowest BCUT2D eigenvalue weighted by Crippen LogP contribution is -2.52. The molecule has 2 aliphatic rings. The van der Waals surface area contributed by atoms with Crippen molar-refractivity contribution in [3.63, 3.8) is 0 Å². The van der Waals surface area contributed by atoms with Crippen molar-refractivity contribution in [3.8, 4) is 11.3 Å². The van der Waals surface area contributed by atoms with E-state index in [1.54, 1.807) is 19.2 Å². The molecule has 3 heterocycles. The van der Waals surface area contributed by atoms with Gasteiger partial charge in [-0.3, -0.25) is 4.79 Å². The van der Waals surface area contributed by atoms with Crippen molar-refractivity contribution in [1.29, 1.82) is 0 Å². The molecule has 5 aromatic rings. The van der Waals surface area contributed by atoms with Gasteiger partial charge in [-0.1, -0.05) is 36.6 Å². The Morgan fingerprint density at radius 1 is 1.00 bits per heavy atom. The number of halogens is 1. The van der Waals surface area contributed by atoms with E-state index in [9.17, 15) is 14.7 Å². The number of carboxylic acid groups (broad SMARTS) is 1. The molecule has 0 spiro atoms. The van der Waals surface area contributed by atoms with Gasteiger partial charge < -0.3 is 19.6 Å². The number of aromatic nitrogens is 4. The Morgan fingerprint density at radius 2 is 1.78 bits per heavy atom. The van der Waals surface area contributed by atoms with Gasteiger partial charge in [0.05, 0.1) is 22.3 Å². The molecule has 8 nitrogen and oxygen atoms in total. The molecule has 2 aliphatic carbocycles. The van der Waals surface area contributed by atoms with Crippen molar-refractivity contribution >= 4 is 51.5 Å². The first-order valence-electron chi connectivity index (χ1n) is 15.6. The number of hydrogen-bond acceptors (Lipinski definition) is 4. The normalized spacial score (nSPS) is 16.8. The van der Waals surface area contributed by atoms with Crippen LogP contribution >= 0.6 is 11.6 Å². The summed E-state index contributed by atoms with van der Waals surface area (Å²) in [5, 5.41) is 14.3. The first kappa shape index (κ1) is 29.3. The molecule has 2 aromatic carbocycles. The van der Waals surface area contributed by atoms with E-state index < -0.39 is 11.5 Å². The summed E-state index contributed by atoms with van der Waals surface area (Å²) in [4.78, 5) is 34.5. The van der Waals surface area contributed by atoms with Crippen molar-refractivity contribution in [2.75, 3.05) is 0 Å². The minimum atomic E-state index is -0.946. The second-order valence-electron chi connectivity index (χ2n) is 12.7. The summed E-state index contributed by atoms with van der Waals surface area (Å²) in [6.07, 6.45) is 10.8. The molecule has 2 N–H and O–H groups in total. The molecule has 9 heteroatoms. The molecule has 230 valence electrons. The molecule has 0 bridgehead atoms. The summed E-state index contributed by atoms with van der Waals surface area (Å²) in [6, 6.07) is 15.7. The number of carbonyl (C=O) groups is 2. The van der Waals surface area contributed by atoms with Gasteiger partial charge in [0.25, 0.3) is 5.91 Å². The smallest absolute Gasteiger partial charge is 0.331 e. The number of carbonyl (C=O) groups excluding carboxylic acids is 1. The van der Waals surface area contributed by atoms with E-state index in [-0.39, 0.29) is 11.5 Å². The topological polar surface area (TPSA) is 102 Å². The number of fused-ring (bicyclic) bond motifs is 2. The second kappa shape index (κ2) is 11.2. The standard InChI is InChI=1S/C36H36ClN5O3/c1-21(34(44)45)17-22-9-12-27-29(18-22)42(3)35(39-27)36(14-6-15-36)40-33(43)25-10-11-26-28(19-25)41(2)32(24-13-16-38-30(37)20-24)31(26)23-7-4-5-8-23/h9-13,16-20,23H,4-8,14-15H2,1-3H3,(H,40,43)(H,44,45). The Hall–Kier alpha value is -4.43. The Morgan fingerprint density at radius 3 is 2.47 bits per heavy atom. The van der Waals surface area contributed by atoms with Crippen LogP contribution in [-0.2, 0) is 24.4 Å². The zero-order chi connectivity index (χ0) is 31.5. The van der Waals surface area contributed by atoms with Gasteiger partial charge >= 0.3 is 5.97 Å². The summed E-state index contributed by atoms with van der Waals surface area (Å²) < 4.78 is 4.23. The lowest BCUT2D eigenvalue weighted by Gasteiger charge is -2.41. The summed E-state index contributed by atoms with van der Waals surface area (Å²) >= 11 is 6.33. The van der Waals surface area contributed by atoms with Gasteiger partial charge in [-0.05, 0) is 98.5 Å². The highest BCUT2D eigenvalue weighted by Gasteiger charge is 2.44. The summed E-state index contributed by atoms with van der Waals surface area (Å²) in [5.74, 6) is 0.211. The van der Waals surface area contributed by atoms with Crippen LogP contribution in [0.25, 0.3) is 39.3 Å². The van der Waals surface area contributed by atoms with Crippen LogP contribution in [0.2, 0.25) is 5.15 Å². The lowest BCUT2D eigenvalue weighted by atomic mass is 9.75. The highest BCUT2D eigenvalue weighted by Crippen LogP contribution is 2.45. The van der Waals surface area contributed by atoms with Crippen molar-refractivity contribution < 1.29 is 14.7 Å². The van der Waals surface area contributed by atoms with Gasteiger partial charge in [0.1, 0.15) is 11.0 Å². The predicted octanol–water partition coefficient (Wildman–Crippen LogP) is 7.74. The molecule has 7 rings (SSSR count). The molecule has 45 heavy (non-hydrogen) atoms. The molecule has 0 aliphatic heterocycles. The number of benzene rings is 2. The Balaban J connectivity index is 1.25. The third-order valence-corrected chi connectivity index (χ3v) is 10.1. The number of pyridine rings is 1. The maximum atomic E-state index is 14.0. The second-order valence-corrected chi connectivity index (χ2v) is 13.1. The van der Waals surface area contributed by atoms with E-state index in [1.165, 1.54) is 23.8 Å². The highest BCUT2D eigenvalue weighted by molar-refractivity contribution is 6.29. The van der Waals surface area contributed by atoms with Crippen molar-refractivity contribution in [2.45, 2.75) is 63.3 Å². The number of nitrogens with one attached hydrogen (secondary N) is 1. The van der Waals surface area contributed by atoms with Gasteiger partial charge in [0.15, 0.2) is 0 Å². The zero-order valence-electron chi connectivity index (χ0n) is 25.7. The van der Waals surface area contributed by atoms with Gasteiger partial charge in [-0.2, -0.15) is 0 Å². The number of imidazole rings is 1. The monoisotopic (exact) mass is 621 g/mol. The number of carboxylic acids is 1. The van der Waals surface area contributed by atoms with E-state index in [2.05, 4.69) is 28.0 Å². The van der Waals surface area contributed by atoms with Crippen LogP contribution in [0.3, 0.4) is 0 Å². The fourth-order valence-electron chi connectivity index (χ4n) is 7.39. The third-order valence-electron chi connectivity index (χ3n) is 9.88. The average molecular weight is 622 g/mol. The molecule has 0 radical (unpaired) electrons. The van der Waals surface area contributed by atoms with Crippen LogP contribution in [0.5, 0.6) is 0 Å². The summed E-state index contributed by atoms with van der Waals surface area (Å²) in [7, 11) is 4.03. The Bertz CT molecular complexity index is 2030.